The second-order valence-electron chi connectivity index (χ2n) is 6.34. The second kappa shape index (κ2) is 10.9. The monoisotopic (exact) mass is 434 g/mol. The van der Waals surface area contributed by atoms with Crippen molar-refractivity contribution >= 4 is 27.6 Å². The van der Waals surface area contributed by atoms with Crippen LogP contribution in [0.3, 0.4) is 0 Å². The predicted octanol–water partition coefficient (Wildman–Crippen LogP) is 5.23. The van der Waals surface area contributed by atoms with Crippen LogP contribution in [0.1, 0.15) is 24.0 Å². The van der Waals surface area contributed by atoms with Gasteiger partial charge in [-0.3, -0.25) is 0 Å². The molecule has 1 N–H and O–H groups in total. The van der Waals surface area contributed by atoms with Crippen molar-refractivity contribution in [3.63, 3.8) is 0 Å². The van der Waals surface area contributed by atoms with Crippen LogP contribution in [-0.4, -0.2) is 38.3 Å². The van der Waals surface area contributed by atoms with Gasteiger partial charge in [0.15, 0.2) is 0 Å². The lowest BCUT2D eigenvalue weighted by molar-refractivity contribution is 0.182. The average molecular weight is 435 g/mol. The second-order valence-corrected chi connectivity index (χ2v) is 7.25. The number of aryl methyl sites for hydroxylation is 1. The molecule has 0 aliphatic heterocycles. The normalized spacial score (nSPS) is 10.5. The van der Waals surface area contributed by atoms with E-state index in [1.807, 2.05) is 54.3 Å². The van der Waals surface area contributed by atoms with E-state index in [4.69, 9.17) is 9.47 Å². The molecule has 2 aromatic rings. The number of anilines is 1. The van der Waals surface area contributed by atoms with Gasteiger partial charge in [0.1, 0.15) is 5.75 Å². The maximum atomic E-state index is 13.0. The first-order chi connectivity index (χ1) is 13.0. The lowest BCUT2D eigenvalue weighted by Gasteiger charge is -2.24. The number of nitrogens with one attached hydrogen (secondary N) is 1. The molecule has 0 spiro atoms. The molecule has 0 radical (unpaired) electrons. The first-order valence-electron chi connectivity index (χ1n) is 8.98. The van der Waals surface area contributed by atoms with Gasteiger partial charge in [0, 0.05) is 31.3 Å². The molecule has 0 saturated carbocycles. The van der Waals surface area contributed by atoms with Crippen LogP contribution in [0.4, 0.5) is 10.5 Å². The molecule has 0 heterocycles. The summed E-state index contributed by atoms with van der Waals surface area (Å²) >= 11 is 3.46. The molecule has 5 nitrogen and oxygen atoms in total. The summed E-state index contributed by atoms with van der Waals surface area (Å²) in [5, 5.41) is 3.03. The van der Waals surface area contributed by atoms with Crippen LogP contribution in [0.2, 0.25) is 0 Å². The molecule has 2 amide bonds. The SMILES string of the molecule is COCCCCN(Cc1ccccc1)C(=O)Nc1c(C)cc(Br)cc1OC. The third-order valence-electron chi connectivity index (χ3n) is 4.25. The largest absolute Gasteiger partial charge is 0.495 e. The molecule has 0 saturated heterocycles. The van der Waals surface area contributed by atoms with E-state index in [2.05, 4.69) is 21.2 Å². The predicted molar refractivity (Wildman–Crippen MR) is 112 cm³/mol. The van der Waals surface area contributed by atoms with Crippen molar-refractivity contribution in [2.24, 2.45) is 0 Å². The molecule has 0 aliphatic carbocycles. The Morgan fingerprint density at radius 3 is 2.56 bits per heavy atom. The van der Waals surface area contributed by atoms with Crippen LogP contribution in [0.5, 0.6) is 5.75 Å². The van der Waals surface area contributed by atoms with Gasteiger partial charge in [0.25, 0.3) is 0 Å². The Morgan fingerprint density at radius 2 is 1.89 bits per heavy atom. The number of methoxy groups -OCH3 is 2. The fourth-order valence-electron chi connectivity index (χ4n) is 2.82. The van der Waals surface area contributed by atoms with E-state index in [-0.39, 0.29) is 6.03 Å². The lowest BCUT2D eigenvalue weighted by atomic mass is 10.2. The van der Waals surface area contributed by atoms with Gasteiger partial charge in [0.2, 0.25) is 0 Å². The highest BCUT2D eigenvalue weighted by atomic mass is 79.9. The van der Waals surface area contributed by atoms with Gasteiger partial charge in [-0.1, -0.05) is 46.3 Å². The summed E-state index contributed by atoms with van der Waals surface area (Å²) in [7, 11) is 3.29. The van der Waals surface area contributed by atoms with Crippen LogP contribution in [0, 0.1) is 6.92 Å². The van der Waals surface area contributed by atoms with Crippen molar-refractivity contribution in [1.29, 1.82) is 0 Å². The van der Waals surface area contributed by atoms with E-state index < -0.39 is 0 Å². The zero-order chi connectivity index (χ0) is 19.6. The van der Waals surface area contributed by atoms with Crippen LogP contribution >= 0.6 is 15.9 Å². The van der Waals surface area contributed by atoms with Crippen molar-refractivity contribution in [2.45, 2.75) is 26.3 Å². The zero-order valence-electron chi connectivity index (χ0n) is 16.1. The molecular weight excluding hydrogens is 408 g/mol. The quantitative estimate of drug-likeness (QED) is 0.549. The summed E-state index contributed by atoms with van der Waals surface area (Å²) in [4.78, 5) is 14.8. The van der Waals surface area contributed by atoms with Gasteiger partial charge < -0.3 is 19.7 Å². The Hall–Kier alpha value is -2.05. The van der Waals surface area contributed by atoms with Crippen molar-refractivity contribution < 1.29 is 14.3 Å². The van der Waals surface area contributed by atoms with Crippen molar-refractivity contribution in [3.05, 3.63) is 58.1 Å². The van der Waals surface area contributed by atoms with Gasteiger partial charge in [0.05, 0.1) is 12.8 Å². The van der Waals surface area contributed by atoms with Crippen molar-refractivity contribution in [1.82, 2.24) is 4.90 Å². The smallest absolute Gasteiger partial charge is 0.322 e. The first-order valence-corrected chi connectivity index (χ1v) is 9.77. The number of hydrogen-bond donors (Lipinski definition) is 1. The summed E-state index contributed by atoms with van der Waals surface area (Å²) < 4.78 is 11.5. The molecule has 0 bridgehead atoms. The number of unbranched alkanes of at least 4 members (excludes halogenated alkanes) is 1. The number of carbonyl (C=O) groups excluding carboxylic acids is 1. The number of carbonyl (C=O) groups is 1. The molecule has 27 heavy (non-hydrogen) atoms. The third-order valence-corrected chi connectivity index (χ3v) is 4.70. The first kappa shape index (κ1) is 21.3. The van der Waals surface area contributed by atoms with Gasteiger partial charge in [-0.2, -0.15) is 0 Å². The highest BCUT2D eigenvalue weighted by Gasteiger charge is 2.17. The standard InChI is InChI=1S/C21H27BrN2O3/c1-16-13-18(22)14-19(27-3)20(16)23-21(25)24(11-7-8-12-26-2)15-17-9-5-4-6-10-17/h4-6,9-10,13-14H,7-8,11-12,15H2,1-3H3,(H,23,25). The van der Waals surface area contributed by atoms with E-state index in [1.165, 1.54) is 0 Å². The van der Waals surface area contributed by atoms with E-state index in [9.17, 15) is 4.79 Å². The lowest BCUT2D eigenvalue weighted by Crippen LogP contribution is -2.35. The van der Waals surface area contributed by atoms with Gasteiger partial charge >= 0.3 is 6.03 Å². The Labute approximate surface area is 169 Å². The fraction of sp³-hybridized carbons (Fsp3) is 0.381. The molecule has 0 unspecified atom stereocenters. The molecular formula is C21H27BrN2O3. The summed E-state index contributed by atoms with van der Waals surface area (Å²) in [6, 6.07) is 13.7. The highest BCUT2D eigenvalue weighted by Crippen LogP contribution is 2.32. The summed E-state index contributed by atoms with van der Waals surface area (Å²) in [6.45, 7) is 3.85. The molecule has 2 rings (SSSR count). The summed E-state index contributed by atoms with van der Waals surface area (Å²) in [5.41, 5.74) is 2.73. The van der Waals surface area contributed by atoms with Gasteiger partial charge in [-0.15, -0.1) is 0 Å². The van der Waals surface area contributed by atoms with Crippen LogP contribution in [-0.2, 0) is 11.3 Å². The topological polar surface area (TPSA) is 50.8 Å². The van der Waals surface area contributed by atoms with Crippen LogP contribution < -0.4 is 10.1 Å². The molecule has 146 valence electrons. The van der Waals surface area contributed by atoms with Crippen LogP contribution in [0.15, 0.2) is 46.9 Å². The Morgan fingerprint density at radius 1 is 1.15 bits per heavy atom. The maximum Gasteiger partial charge on any atom is 0.322 e. The van der Waals surface area contributed by atoms with Gasteiger partial charge in [-0.05, 0) is 43.0 Å². The number of benzene rings is 2. The van der Waals surface area contributed by atoms with E-state index in [0.29, 0.717) is 31.1 Å². The molecule has 0 fully saturated rings. The number of halogens is 1. The number of urea groups is 1. The summed E-state index contributed by atoms with van der Waals surface area (Å²) in [5.74, 6) is 0.634. The van der Waals surface area contributed by atoms with Crippen LogP contribution in [0.25, 0.3) is 0 Å². The Bertz CT molecular complexity index is 738. The zero-order valence-corrected chi connectivity index (χ0v) is 17.7. The minimum Gasteiger partial charge on any atom is -0.495 e. The van der Waals surface area contributed by atoms with E-state index in [1.54, 1.807) is 14.2 Å². The minimum atomic E-state index is -0.139. The fourth-order valence-corrected chi connectivity index (χ4v) is 3.38. The Kier molecular flexibility index (Phi) is 8.61. The minimum absolute atomic E-state index is 0.139. The number of ether oxygens (including phenoxy) is 2. The van der Waals surface area contributed by atoms with E-state index in [0.717, 1.165) is 28.4 Å². The number of hydrogen-bond acceptors (Lipinski definition) is 3. The molecule has 0 aromatic heterocycles. The third kappa shape index (κ3) is 6.56. The van der Waals surface area contributed by atoms with Crippen molar-refractivity contribution in [3.8, 4) is 5.75 Å². The maximum absolute atomic E-state index is 13.0. The number of amides is 2. The Balaban J connectivity index is 2.15. The number of rotatable bonds is 9. The molecule has 6 heteroatoms. The molecule has 0 aliphatic rings. The molecule has 0 atom stereocenters. The van der Waals surface area contributed by atoms with Crippen molar-refractivity contribution in [2.75, 3.05) is 32.7 Å². The van der Waals surface area contributed by atoms with Gasteiger partial charge in [-0.25, -0.2) is 4.79 Å². The highest BCUT2D eigenvalue weighted by molar-refractivity contribution is 9.10. The summed E-state index contributed by atoms with van der Waals surface area (Å²) in [6.07, 6.45) is 1.79. The average Bonchev–Trinajstić information content (AvgIpc) is 2.66. The molecule has 2 aromatic carbocycles. The van der Waals surface area contributed by atoms with E-state index >= 15 is 0 Å². The number of nitrogens with zero attached hydrogens (tertiary/aromatic N) is 1.